The summed E-state index contributed by atoms with van der Waals surface area (Å²) in [5.74, 6) is 0.821. The summed E-state index contributed by atoms with van der Waals surface area (Å²) in [5, 5.41) is 9.00. The third-order valence-electron chi connectivity index (χ3n) is 2.48. The molecule has 19 heavy (non-hydrogen) atoms. The van der Waals surface area contributed by atoms with Crippen LogP contribution in [0, 0.1) is 0 Å². The van der Waals surface area contributed by atoms with Crippen LogP contribution in [0.5, 0.6) is 5.75 Å². The van der Waals surface area contributed by atoms with E-state index in [4.69, 9.17) is 4.74 Å². The second-order valence-electron chi connectivity index (χ2n) is 3.73. The van der Waals surface area contributed by atoms with Gasteiger partial charge in [0.1, 0.15) is 16.5 Å². The van der Waals surface area contributed by atoms with Crippen LogP contribution in [0.4, 0.5) is 10.8 Å². The van der Waals surface area contributed by atoms with E-state index in [1.165, 1.54) is 0 Å². The normalized spacial score (nSPS) is 10.4. The maximum absolute atomic E-state index is 5.19. The molecular weight excluding hydrogens is 278 g/mol. The molecule has 4 nitrogen and oxygen atoms in total. The molecule has 0 radical (unpaired) electrons. The first-order valence-electron chi connectivity index (χ1n) is 5.61. The minimum absolute atomic E-state index is 0.821. The fraction of sp³-hybridized carbons (Fsp3) is 0.0769. The predicted molar refractivity (Wildman–Crippen MR) is 79.5 cm³/mol. The molecule has 2 heterocycles. The second kappa shape index (κ2) is 5.38. The third kappa shape index (κ3) is 2.74. The summed E-state index contributed by atoms with van der Waals surface area (Å²) >= 11 is 3.15. The van der Waals surface area contributed by atoms with E-state index in [0.29, 0.717) is 0 Å². The van der Waals surface area contributed by atoms with Gasteiger partial charge >= 0.3 is 0 Å². The van der Waals surface area contributed by atoms with E-state index in [-0.39, 0.29) is 0 Å². The van der Waals surface area contributed by atoms with Crippen molar-refractivity contribution in [3.63, 3.8) is 0 Å². The molecule has 0 unspecified atom stereocenters. The van der Waals surface area contributed by atoms with E-state index in [0.717, 1.165) is 27.3 Å². The number of benzene rings is 1. The van der Waals surface area contributed by atoms with Gasteiger partial charge in [0.2, 0.25) is 0 Å². The number of hydrogen-bond donors (Lipinski definition) is 1. The van der Waals surface area contributed by atoms with Crippen molar-refractivity contribution >= 4 is 33.5 Å². The first-order valence-corrected chi connectivity index (χ1v) is 7.37. The Kier molecular flexibility index (Phi) is 3.43. The average Bonchev–Trinajstić information content (AvgIpc) is 3.09. The standard InChI is InChI=1S/C13H11N3OS2/c1-17-10-4-2-3-9(7-10)15-13-16-11(8-19-13)12-14-5-6-18-12/h2-8H,1H3,(H,15,16). The van der Waals surface area contributed by atoms with Crippen molar-refractivity contribution < 1.29 is 4.74 Å². The van der Waals surface area contributed by atoms with Gasteiger partial charge in [-0.15, -0.1) is 22.7 Å². The Morgan fingerprint density at radius 2 is 2.21 bits per heavy atom. The Hall–Kier alpha value is -1.92. The van der Waals surface area contributed by atoms with Crippen LogP contribution < -0.4 is 10.1 Å². The van der Waals surface area contributed by atoms with Gasteiger partial charge < -0.3 is 10.1 Å². The highest BCUT2D eigenvalue weighted by molar-refractivity contribution is 7.15. The van der Waals surface area contributed by atoms with E-state index in [1.54, 1.807) is 36.0 Å². The maximum atomic E-state index is 5.19. The number of methoxy groups -OCH3 is 1. The summed E-state index contributed by atoms with van der Waals surface area (Å²) in [6.45, 7) is 0. The number of nitrogens with zero attached hydrogens (tertiary/aromatic N) is 2. The zero-order valence-corrected chi connectivity index (χ0v) is 11.8. The molecule has 0 spiro atoms. The molecule has 0 atom stereocenters. The summed E-state index contributed by atoms with van der Waals surface area (Å²) in [7, 11) is 1.66. The van der Waals surface area contributed by atoms with Crippen LogP contribution in [0.15, 0.2) is 41.2 Å². The molecule has 96 valence electrons. The van der Waals surface area contributed by atoms with E-state index < -0.39 is 0 Å². The van der Waals surface area contributed by atoms with Crippen molar-refractivity contribution in [1.82, 2.24) is 9.97 Å². The van der Waals surface area contributed by atoms with Crippen molar-refractivity contribution in [2.75, 3.05) is 12.4 Å². The number of thiazole rings is 2. The molecule has 1 N–H and O–H groups in total. The summed E-state index contributed by atoms with van der Waals surface area (Å²) < 4.78 is 5.19. The highest BCUT2D eigenvalue weighted by Crippen LogP contribution is 2.29. The van der Waals surface area contributed by atoms with Crippen LogP contribution in [-0.4, -0.2) is 17.1 Å². The van der Waals surface area contributed by atoms with Crippen LogP contribution >= 0.6 is 22.7 Å². The van der Waals surface area contributed by atoms with E-state index in [2.05, 4.69) is 15.3 Å². The molecule has 0 aliphatic rings. The smallest absolute Gasteiger partial charge is 0.187 e. The van der Waals surface area contributed by atoms with Gasteiger partial charge in [-0.1, -0.05) is 6.07 Å². The van der Waals surface area contributed by atoms with Gasteiger partial charge in [-0.2, -0.15) is 0 Å². The van der Waals surface area contributed by atoms with Crippen molar-refractivity contribution in [2.45, 2.75) is 0 Å². The molecule has 0 saturated carbocycles. The summed E-state index contributed by atoms with van der Waals surface area (Å²) in [6, 6.07) is 7.77. The predicted octanol–water partition coefficient (Wildman–Crippen LogP) is 4.02. The van der Waals surface area contributed by atoms with E-state index in [1.807, 2.05) is 35.0 Å². The number of hydrogen-bond acceptors (Lipinski definition) is 6. The topological polar surface area (TPSA) is 47.0 Å². The Bertz CT molecular complexity index is 664. The molecule has 0 aliphatic carbocycles. The fourth-order valence-corrected chi connectivity index (χ4v) is 2.99. The molecular formula is C13H11N3OS2. The number of rotatable bonds is 4. The van der Waals surface area contributed by atoms with Gasteiger partial charge in [-0.25, -0.2) is 9.97 Å². The van der Waals surface area contributed by atoms with Crippen LogP contribution in [-0.2, 0) is 0 Å². The number of aromatic nitrogens is 2. The number of ether oxygens (including phenoxy) is 1. The minimum atomic E-state index is 0.821. The summed E-state index contributed by atoms with van der Waals surface area (Å²) in [5.41, 5.74) is 1.87. The van der Waals surface area contributed by atoms with Gasteiger partial charge in [0.25, 0.3) is 0 Å². The third-order valence-corrected chi connectivity index (χ3v) is 4.03. The Morgan fingerprint density at radius 1 is 1.26 bits per heavy atom. The zero-order valence-electron chi connectivity index (χ0n) is 10.2. The van der Waals surface area contributed by atoms with Gasteiger partial charge in [-0.3, -0.25) is 0 Å². The molecule has 0 bridgehead atoms. The minimum Gasteiger partial charge on any atom is -0.497 e. The Labute approximate surface area is 118 Å². The van der Waals surface area contributed by atoms with Crippen molar-refractivity contribution in [3.05, 3.63) is 41.2 Å². The Morgan fingerprint density at radius 3 is 3.00 bits per heavy atom. The molecule has 3 aromatic rings. The SMILES string of the molecule is COc1cccc(Nc2nc(-c3nccs3)cs2)c1. The number of nitrogens with one attached hydrogen (secondary N) is 1. The van der Waals surface area contributed by atoms with E-state index in [9.17, 15) is 0 Å². The second-order valence-corrected chi connectivity index (χ2v) is 5.48. The zero-order chi connectivity index (χ0) is 13.1. The molecule has 3 rings (SSSR count). The first-order chi connectivity index (χ1) is 9.35. The fourth-order valence-electron chi connectivity index (χ4n) is 1.60. The molecule has 0 aliphatic heterocycles. The Balaban J connectivity index is 1.80. The lowest BCUT2D eigenvalue weighted by Crippen LogP contribution is -1.90. The monoisotopic (exact) mass is 289 g/mol. The van der Waals surface area contributed by atoms with Crippen molar-refractivity contribution in [3.8, 4) is 16.5 Å². The molecule has 0 saturated heterocycles. The highest BCUT2D eigenvalue weighted by Gasteiger charge is 2.07. The molecule has 6 heteroatoms. The van der Waals surface area contributed by atoms with Gasteiger partial charge in [0.05, 0.1) is 7.11 Å². The van der Waals surface area contributed by atoms with Gasteiger partial charge in [0.15, 0.2) is 5.13 Å². The first kappa shape index (κ1) is 12.1. The summed E-state index contributed by atoms with van der Waals surface area (Å²) in [4.78, 5) is 8.77. The lowest BCUT2D eigenvalue weighted by molar-refractivity contribution is 0.415. The molecule has 1 aromatic carbocycles. The summed E-state index contributed by atoms with van der Waals surface area (Å²) in [6.07, 6.45) is 1.79. The maximum Gasteiger partial charge on any atom is 0.187 e. The highest BCUT2D eigenvalue weighted by atomic mass is 32.1. The van der Waals surface area contributed by atoms with E-state index >= 15 is 0 Å². The number of anilines is 2. The van der Waals surface area contributed by atoms with Crippen LogP contribution in [0.1, 0.15) is 0 Å². The largest absolute Gasteiger partial charge is 0.497 e. The molecule has 0 fully saturated rings. The van der Waals surface area contributed by atoms with Crippen LogP contribution in [0.2, 0.25) is 0 Å². The van der Waals surface area contributed by atoms with Gasteiger partial charge in [-0.05, 0) is 12.1 Å². The van der Waals surface area contributed by atoms with Crippen LogP contribution in [0.3, 0.4) is 0 Å². The molecule has 0 amide bonds. The quantitative estimate of drug-likeness (QED) is 0.788. The van der Waals surface area contributed by atoms with Crippen molar-refractivity contribution in [1.29, 1.82) is 0 Å². The molecule has 2 aromatic heterocycles. The lowest BCUT2D eigenvalue weighted by Gasteiger charge is -2.04. The van der Waals surface area contributed by atoms with Crippen LogP contribution in [0.25, 0.3) is 10.7 Å². The van der Waals surface area contributed by atoms with Crippen molar-refractivity contribution in [2.24, 2.45) is 0 Å². The average molecular weight is 289 g/mol. The van der Waals surface area contributed by atoms with Gasteiger partial charge in [0, 0.05) is 28.7 Å². The lowest BCUT2D eigenvalue weighted by atomic mass is 10.3.